The summed E-state index contributed by atoms with van der Waals surface area (Å²) >= 11 is 0. The second-order valence-corrected chi connectivity index (χ2v) is 6.59. The summed E-state index contributed by atoms with van der Waals surface area (Å²) in [5.41, 5.74) is 1.00. The highest BCUT2D eigenvalue weighted by atomic mass is 16.5. The predicted molar refractivity (Wildman–Crippen MR) is 103 cm³/mol. The number of amides is 1. The topological polar surface area (TPSA) is 36.0 Å². The molecule has 1 aliphatic heterocycles. The largest absolute Gasteiger partial charge is 0.494 e. The highest BCUT2D eigenvalue weighted by Gasteiger charge is 2.13. The molecule has 1 heterocycles. The molecule has 1 aromatic rings. The lowest BCUT2D eigenvalue weighted by atomic mass is 10.2. The minimum absolute atomic E-state index is 0.0484. The zero-order valence-corrected chi connectivity index (χ0v) is 15.8. The Balaban J connectivity index is 1.70. The number of nitrogens with zero attached hydrogens (tertiary/aromatic N) is 3. The van der Waals surface area contributed by atoms with E-state index in [1.54, 1.807) is 11.0 Å². The van der Waals surface area contributed by atoms with E-state index in [0.29, 0.717) is 6.61 Å². The molecule has 1 aromatic carbocycles. The van der Waals surface area contributed by atoms with Crippen LogP contribution < -0.4 is 4.74 Å². The van der Waals surface area contributed by atoms with Crippen LogP contribution in [-0.2, 0) is 4.79 Å². The SMILES string of the molecule is CCOc1ccc(/C=C/C(=O)N(C)CCCN2CCN(C)CC2)cc1. The number of piperazine rings is 1. The van der Waals surface area contributed by atoms with Gasteiger partial charge in [-0.2, -0.15) is 0 Å². The average molecular weight is 345 g/mol. The number of benzene rings is 1. The molecular formula is C20H31N3O2. The van der Waals surface area contributed by atoms with Crippen molar-refractivity contribution < 1.29 is 9.53 Å². The van der Waals surface area contributed by atoms with Crippen molar-refractivity contribution >= 4 is 12.0 Å². The Kier molecular flexibility index (Phi) is 7.95. The van der Waals surface area contributed by atoms with Crippen molar-refractivity contribution in [3.63, 3.8) is 0 Å². The van der Waals surface area contributed by atoms with E-state index in [0.717, 1.165) is 57.0 Å². The molecule has 0 bridgehead atoms. The molecule has 0 radical (unpaired) electrons. The molecule has 0 spiro atoms. The van der Waals surface area contributed by atoms with Crippen LogP contribution in [0.3, 0.4) is 0 Å². The van der Waals surface area contributed by atoms with Crippen molar-refractivity contribution in [2.75, 3.05) is 60.0 Å². The first-order valence-corrected chi connectivity index (χ1v) is 9.15. The molecule has 0 N–H and O–H groups in total. The third kappa shape index (κ3) is 6.88. The lowest BCUT2D eigenvalue weighted by Gasteiger charge is -2.32. The van der Waals surface area contributed by atoms with Gasteiger partial charge in [-0.05, 0) is 50.7 Å². The van der Waals surface area contributed by atoms with E-state index >= 15 is 0 Å². The molecule has 1 fully saturated rings. The molecule has 25 heavy (non-hydrogen) atoms. The summed E-state index contributed by atoms with van der Waals surface area (Å²) < 4.78 is 5.42. The maximum absolute atomic E-state index is 12.2. The summed E-state index contributed by atoms with van der Waals surface area (Å²) in [6.07, 6.45) is 4.52. The normalized spacial score (nSPS) is 16.3. The second-order valence-electron chi connectivity index (χ2n) is 6.59. The van der Waals surface area contributed by atoms with Gasteiger partial charge in [0.15, 0.2) is 0 Å². The molecule has 0 saturated carbocycles. The van der Waals surface area contributed by atoms with Crippen molar-refractivity contribution in [3.8, 4) is 5.75 Å². The van der Waals surface area contributed by atoms with Crippen molar-refractivity contribution in [2.24, 2.45) is 0 Å². The van der Waals surface area contributed by atoms with Crippen LogP contribution in [-0.4, -0.2) is 80.6 Å². The fourth-order valence-corrected chi connectivity index (χ4v) is 2.85. The number of ether oxygens (including phenoxy) is 1. The Morgan fingerprint density at radius 3 is 2.52 bits per heavy atom. The van der Waals surface area contributed by atoms with Gasteiger partial charge in [0, 0.05) is 45.8 Å². The number of hydrogen-bond donors (Lipinski definition) is 0. The molecule has 0 unspecified atom stereocenters. The van der Waals surface area contributed by atoms with E-state index < -0.39 is 0 Å². The van der Waals surface area contributed by atoms with Gasteiger partial charge in [-0.15, -0.1) is 0 Å². The van der Waals surface area contributed by atoms with Crippen LogP contribution in [0.5, 0.6) is 5.75 Å². The van der Waals surface area contributed by atoms with Crippen LogP contribution in [0.1, 0.15) is 18.9 Å². The van der Waals surface area contributed by atoms with Crippen LogP contribution in [0.4, 0.5) is 0 Å². The Morgan fingerprint density at radius 2 is 1.88 bits per heavy atom. The fraction of sp³-hybridized carbons (Fsp3) is 0.550. The molecule has 1 aliphatic rings. The maximum Gasteiger partial charge on any atom is 0.246 e. The van der Waals surface area contributed by atoms with E-state index in [9.17, 15) is 4.79 Å². The quantitative estimate of drug-likeness (QED) is 0.677. The van der Waals surface area contributed by atoms with E-state index in [2.05, 4.69) is 16.8 Å². The number of carbonyl (C=O) groups excluding carboxylic acids is 1. The van der Waals surface area contributed by atoms with Crippen LogP contribution in [0.15, 0.2) is 30.3 Å². The van der Waals surface area contributed by atoms with Gasteiger partial charge in [0.05, 0.1) is 6.61 Å². The van der Waals surface area contributed by atoms with Crippen LogP contribution >= 0.6 is 0 Å². The number of hydrogen-bond acceptors (Lipinski definition) is 4. The molecule has 0 aliphatic carbocycles. The Bertz CT molecular complexity index is 549. The molecule has 0 atom stereocenters. The van der Waals surface area contributed by atoms with Crippen molar-refractivity contribution in [2.45, 2.75) is 13.3 Å². The highest BCUT2D eigenvalue weighted by molar-refractivity contribution is 5.91. The van der Waals surface area contributed by atoms with Crippen LogP contribution in [0.25, 0.3) is 6.08 Å². The first-order valence-electron chi connectivity index (χ1n) is 9.15. The zero-order chi connectivity index (χ0) is 18.1. The van der Waals surface area contributed by atoms with Gasteiger partial charge in [0.1, 0.15) is 5.75 Å². The lowest BCUT2D eigenvalue weighted by Crippen LogP contribution is -2.45. The molecule has 1 amide bonds. The third-order valence-electron chi connectivity index (χ3n) is 4.55. The van der Waals surface area contributed by atoms with Gasteiger partial charge in [-0.25, -0.2) is 0 Å². The second kappa shape index (κ2) is 10.2. The van der Waals surface area contributed by atoms with Gasteiger partial charge >= 0.3 is 0 Å². The zero-order valence-electron chi connectivity index (χ0n) is 15.8. The van der Waals surface area contributed by atoms with E-state index in [4.69, 9.17) is 4.74 Å². The first kappa shape index (κ1) is 19.5. The van der Waals surface area contributed by atoms with Crippen LogP contribution in [0.2, 0.25) is 0 Å². The van der Waals surface area contributed by atoms with Crippen LogP contribution in [0, 0.1) is 0 Å². The lowest BCUT2D eigenvalue weighted by molar-refractivity contribution is -0.124. The van der Waals surface area contributed by atoms with E-state index in [-0.39, 0.29) is 5.91 Å². The summed E-state index contributed by atoms with van der Waals surface area (Å²) in [6, 6.07) is 7.77. The van der Waals surface area contributed by atoms with Crippen molar-refractivity contribution in [1.29, 1.82) is 0 Å². The van der Waals surface area contributed by atoms with Gasteiger partial charge in [-0.3, -0.25) is 4.79 Å². The Labute approximate surface area is 151 Å². The van der Waals surface area contributed by atoms with E-state index in [1.807, 2.05) is 44.3 Å². The summed E-state index contributed by atoms with van der Waals surface area (Å²) in [4.78, 5) is 18.8. The number of likely N-dealkylation sites (N-methyl/N-ethyl adjacent to an activating group) is 2. The van der Waals surface area contributed by atoms with Gasteiger partial charge < -0.3 is 19.4 Å². The highest BCUT2D eigenvalue weighted by Crippen LogP contribution is 2.13. The smallest absolute Gasteiger partial charge is 0.246 e. The standard InChI is InChI=1S/C20H31N3O2/c1-4-25-19-9-6-18(7-10-19)8-11-20(24)22(3)12-5-13-23-16-14-21(2)15-17-23/h6-11H,4-5,12-17H2,1-3H3/b11-8+. The average Bonchev–Trinajstić information content (AvgIpc) is 2.62. The van der Waals surface area contributed by atoms with Crippen molar-refractivity contribution in [3.05, 3.63) is 35.9 Å². The van der Waals surface area contributed by atoms with Gasteiger partial charge in [0.25, 0.3) is 0 Å². The summed E-state index contributed by atoms with van der Waals surface area (Å²) in [5, 5.41) is 0. The molecule has 5 heteroatoms. The Morgan fingerprint density at radius 1 is 1.20 bits per heavy atom. The molecule has 2 rings (SSSR count). The van der Waals surface area contributed by atoms with Gasteiger partial charge in [-0.1, -0.05) is 12.1 Å². The summed E-state index contributed by atoms with van der Waals surface area (Å²) in [5.74, 6) is 0.902. The minimum Gasteiger partial charge on any atom is -0.494 e. The number of rotatable bonds is 8. The predicted octanol–water partition coefficient (Wildman–Crippen LogP) is 2.19. The van der Waals surface area contributed by atoms with E-state index in [1.165, 1.54) is 0 Å². The Hall–Kier alpha value is -1.85. The van der Waals surface area contributed by atoms with Crippen molar-refractivity contribution in [1.82, 2.24) is 14.7 Å². The molecule has 138 valence electrons. The monoisotopic (exact) mass is 345 g/mol. The van der Waals surface area contributed by atoms with Gasteiger partial charge in [0.2, 0.25) is 5.91 Å². The minimum atomic E-state index is 0.0484. The number of carbonyl (C=O) groups is 1. The third-order valence-corrected chi connectivity index (χ3v) is 4.55. The fourth-order valence-electron chi connectivity index (χ4n) is 2.85. The molecule has 5 nitrogen and oxygen atoms in total. The molecular weight excluding hydrogens is 314 g/mol. The first-order chi connectivity index (χ1) is 12.1. The summed E-state index contributed by atoms with van der Waals surface area (Å²) in [7, 11) is 4.04. The molecule has 1 saturated heterocycles. The maximum atomic E-state index is 12.2. The summed E-state index contributed by atoms with van der Waals surface area (Å²) in [6.45, 7) is 9.02. The molecule has 0 aromatic heterocycles.